The van der Waals surface area contributed by atoms with Gasteiger partial charge in [0.15, 0.2) is 5.13 Å². The summed E-state index contributed by atoms with van der Waals surface area (Å²) < 4.78 is 1.16. The predicted molar refractivity (Wildman–Crippen MR) is 83.3 cm³/mol. The molecule has 2 aromatic rings. The zero-order chi connectivity index (χ0) is 13.9. The number of likely N-dealkylation sites (N-methyl/N-ethyl adjacent to an activating group) is 1. The van der Waals surface area contributed by atoms with Crippen molar-refractivity contribution in [3.05, 3.63) is 24.3 Å². The van der Waals surface area contributed by atoms with Crippen LogP contribution in [0, 0.1) is 0 Å². The highest BCUT2D eigenvalue weighted by Gasteiger charge is 2.18. The van der Waals surface area contributed by atoms with E-state index >= 15 is 0 Å². The number of carbonyl (C=O) groups is 1. The maximum atomic E-state index is 12.0. The lowest BCUT2D eigenvalue weighted by Gasteiger charge is -2.17. The molecule has 0 aliphatic heterocycles. The smallest absolute Gasteiger partial charge is 0.239 e. The molecule has 20 heavy (non-hydrogen) atoms. The van der Waals surface area contributed by atoms with Crippen LogP contribution in [0.4, 0.5) is 5.13 Å². The van der Waals surface area contributed by atoms with E-state index in [0.29, 0.717) is 12.6 Å². The number of benzene rings is 1. The number of carbonyl (C=O) groups excluding carboxylic acids is 1. The van der Waals surface area contributed by atoms with Gasteiger partial charge in [-0.15, -0.1) is 0 Å². The second kappa shape index (κ2) is 5.79. The first-order chi connectivity index (χ1) is 9.72. The van der Waals surface area contributed by atoms with E-state index in [-0.39, 0.29) is 5.91 Å². The Balaban J connectivity index is 1.62. The number of aromatic nitrogens is 1. The van der Waals surface area contributed by atoms with Gasteiger partial charge in [-0.3, -0.25) is 4.79 Å². The van der Waals surface area contributed by atoms with Crippen molar-refractivity contribution in [1.82, 2.24) is 10.3 Å². The normalized spacial score (nSPS) is 15.7. The van der Waals surface area contributed by atoms with Gasteiger partial charge in [0.25, 0.3) is 0 Å². The van der Waals surface area contributed by atoms with Crippen molar-refractivity contribution in [1.29, 1.82) is 0 Å². The van der Waals surface area contributed by atoms with E-state index in [0.717, 1.165) is 28.2 Å². The van der Waals surface area contributed by atoms with Gasteiger partial charge in [0.05, 0.1) is 16.8 Å². The van der Waals surface area contributed by atoms with Crippen molar-refractivity contribution >= 4 is 32.6 Å². The van der Waals surface area contributed by atoms with Gasteiger partial charge >= 0.3 is 0 Å². The highest BCUT2D eigenvalue weighted by atomic mass is 32.1. The van der Waals surface area contributed by atoms with Crippen LogP contribution in [0.3, 0.4) is 0 Å². The van der Waals surface area contributed by atoms with E-state index in [1.165, 1.54) is 12.8 Å². The van der Waals surface area contributed by atoms with Crippen LogP contribution in [0.2, 0.25) is 0 Å². The summed E-state index contributed by atoms with van der Waals surface area (Å²) in [6.07, 6.45) is 4.71. The molecule has 1 amide bonds. The number of anilines is 1. The van der Waals surface area contributed by atoms with E-state index < -0.39 is 0 Å². The molecule has 1 saturated carbocycles. The lowest BCUT2D eigenvalue weighted by atomic mass is 10.2. The molecule has 0 bridgehead atoms. The number of fused-ring (bicyclic) bond motifs is 1. The molecule has 3 rings (SSSR count). The maximum absolute atomic E-state index is 12.0. The number of amides is 1. The summed E-state index contributed by atoms with van der Waals surface area (Å²) in [4.78, 5) is 18.5. The molecule has 0 spiro atoms. The third-order valence-corrected chi connectivity index (χ3v) is 4.86. The Morgan fingerprint density at radius 3 is 2.90 bits per heavy atom. The Hall–Kier alpha value is -1.62. The second-order valence-corrected chi connectivity index (χ2v) is 6.38. The van der Waals surface area contributed by atoms with Gasteiger partial charge in [0.2, 0.25) is 5.91 Å². The molecule has 1 N–H and O–H groups in total. The zero-order valence-corrected chi connectivity index (χ0v) is 12.4. The number of hydrogen-bond donors (Lipinski definition) is 1. The summed E-state index contributed by atoms with van der Waals surface area (Å²) in [5.74, 6) is 0.0960. The Morgan fingerprint density at radius 1 is 1.40 bits per heavy atom. The standard InChI is InChI=1S/C15H19N3OS/c1-18(10-14(19)16-11-6-2-3-7-11)15-17-12-8-4-5-9-13(12)20-15/h4-5,8-9,11H,2-3,6-7,10H2,1H3,(H,16,19). The van der Waals surface area contributed by atoms with Crippen LogP contribution >= 0.6 is 11.3 Å². The lowest BCUT2D eigenvalue weighted by molar-refractivity contribution is -0.120. The minimum absolute atomic E-state index is 0.0960. The van der Waals surface area contributed by atoms with Crippen molar-refractivity contribution < 1.29 is 4.79 Å². The van der Waals surface area contributed by atoms with E-state index in [1.807, 2.05) is 30.1 Å². The van der Waals surface area contributed by atoms with Gasteiger partial charge < -0.3 is 10.2 Å². The van der Waals surface area contributed by atoms with Crippen LogP contribution in [0.1, 0.15) is 25.7 Å². The average molecular weight is 289 g/mol. The highest BCUT2D eigenvalue weighted by molar-refractivity contribution is 7.22. The Bertz CT molecular complexity index is 571. The summed E-state index contributed by atoms with van der Waals surface area (Å²) in [5.41, 5.74) is 0.996. The number of hydrogen-bond acceptors (Lipinski definition) is 4. The SMILES string of the molecule is CN(CC(=O)NC1CCCC1)c1nc2ccccc2s1. The third kappa shape index (κ3) is 2.93. The fourth-order valence-corrected chi connectivity index (χ4v) is 3.58. The van der Waals surface area contributed by atoms with Crippen LogP contribution in [-0.2, 0) is 4.79 Å². The molecule has 0 radical (unpaired) electrons. The second-order valence-electron chi connectivity index (χ2n) is 5.37. The molecule has 1 aliphatic rings. The molecule has 0 saturated heterocycles. The zero-order valence-electron chi connectivity index (χ0n) is 11.6. The van der Waals surface area contributed by atoms with Gasteiger partial charge in [-0.25, -0.2) is 4.98 Å². The molecule has 1 aromatic heterocycles. The summed E-state index contributed by atoms with van der Waals surface area (Å²) in [5, 5.41) is 4.01. The van der Waals surface area contributed by atoms with E-state index in [9.17, 15) is 4.79 Å². The number of thiazole rings is 1. The lowest BCUT2D eigenvalue weighted by Crippen LogP contribution is -2.39. The number of nitrogens with zero attached hydrogens (tertiary/aromatic N) is 2. The molecule has 1 aromatic carbocycles. The molecule has 1 fully saturated rings. The molecule has 106 valence electrons. The van der Waals surface area contributed by atoms with Gasteiger partial charge in [-0.1, -0.05) is 36.3 Å². The van der Waals surface area contributed by atoms with E-state index in [4.69, 9.17) is 0 Å². The first-order valence-electron chi connectivity index (χ1n) is 7.08. The highest BCUT2D eigenvalue weighted by Crippen LogP contribution is 2.27. The van der Waals surface area contributed by atoms with E-state index in [2.05, 4.69) is 16.4 Å². The predicted octanol–water partition coefficient (Wildman–Crippen LogP) is 2.79. The van der Waals surface area contributed by atoms with Crippen molar-refractivity contribution in [3.63, 3.8) is 0 Å². The summed E-state index contributed by atoms with van der Waals surface area (Å²) in [6.45, 7) is 0.371. The number of rotatable bonds is 4. The van der Waals surface area contributed by atoms with Gasteiger partial charge in [-0.2, -0.15) is 0 Å². The average Bonchev–Trinajstić information content (AvgIpc) is 3.06. The van der Waals surface area contributed by atoms with Crippen molar-refractivity contribution in [3.8, 4) is 0 Å². The first kappa shape index (κ1) is 13.4. The summed E-state index contributed by atoms with van der Waals surface area (Å²) >= 11 is 1.62. The van der Waals surface area contributed by atoms with Crippen LogP contribution in [0.15, 0.2) is 24.3 Å². The molecule has 1 heterocycles. The topological polar surface area (TPSA) is 45.2 Å². The van der Waals surface area contributed by atoms with Crippen molar-refractivity contribution in [2.75, 3.05) is 18.5 Å². The maximum Gasteiger partial charge on any atom is 0.239 e. The number of nitrogens with one attached hydrogen (secondary N) is 1. The molecule has 0 unspecified atom stereocenters. The minimum Gasteiger partial charge on any atom is -0.352 e. The molecule has 4 nitrogen and oxygen atoms in total. The van der Waals surface area contributed by atoms with Crippen LogP contribution in [0.25, 0.3) is 10.2 Å². The quantitative estimate of drug-likeness (QED) is 0.941. The van der Waals surface area contributed by atoms with Gasteiger partial charge in [0.1, 0.15) is 0 Å². The Kier molecular flexibility index (Phi) is 3.87. The van der Waals surface area contributed by atoms with Crippen LogP contribution < -0.4 is 10.2 Å². The fraction of sp³-hybridized carbons (Fsp3) is 0.467. The third-order valence-electron chi connectivity index (χ3n) is 3.71. The van der Waals surface area contributed by atoms with Gasteiger partial charge in [-0.05, 0) is 25.0 Å². The fourth-order valence-electron chi connectivity index (χ4n) is 2.65. The van der Waals surface area contributed by atoms with Crippen molar-refractivity contribution in [2.45, 2.75) is 31.7 Å². The summed E-state index contributed by atoms with van der Waals surface area (Å²) in [7, 11) is 1.92. The van der Waals surface area contributed by atoms with Gasteiger partial charge in [0, 0.05) is 13.1 Å². The van der Waals surface area contributed by atoms with Crippen LogP contribution in [-0.4, -0.2) is 30.5 Å². The Labute approximate surface area is 122 Å². The van der Waals surface area contributed by atoms with Crippen molar-refractivity contribution in [2.24, 2.45) is 0 Å². The largest absolute Gasteiger partial charge is 0.352 e. The molecular weight excluding hydrogens is 270 g/mol. The molecule has 5 heteroatoms. The monoisotopic (exact) mass is 289 g/mol. The first-order valence-corrected chi connectivity index (χ1v) is 7.90. The minimum atomic E-state index is 0.0960. The molecular formula is C15H19N3OS. The number of para-hydroxylation sites is 1. The van der Waals surface area contributed by atoms with E-state index in [1.54, 1.807) is 11.3 Å². The summed E-state index contributed by atoms with van der Waals surface area (Å²) in [6, 6.07) is 8.44. The molecule has 1 aliphatic carbocycles. The molecule has 0 atom stereocenters. The van der Waals surface area contributed by atoms with Crippen LogP contribution in [0.5, 0.6) is 0 Å². The Morgan fingerprint density at radius 2 is 2.15 bits per heavy atom.